The minimum Gasteiger partial charge on any atom is -0.367 e. The van der Waals surface area contributed by atoms with Crippen molar-refractivity contribution < 1.29 is 19.2 Å². The van der Waals surface area contributed by atoms with E-state index in [1.807, 2.05) is 60.7 Å². The number of carbonyl (C=O) groups is 4. The van der Waals surface area contributed by atoms with Crippen LogP contribution in [0.5, 0.6) is 0 Å². The van der Waals surface area contributed by atoms with Gasteiger partial charge in [-0.15, -0.1) is 0 Å². The van der Waals surface area contributed by atoms with E-state index in [1.165, 1.54) is 36.4 Å². The highest BCUT2D eigenvalue weighted by atomic mass is 16.2. The number of hydrogen-bond donors (Lipinski definition) is 0. The number of nitrogens with zero attached hydrogens (tertiary/aromatic N) is 10. The standard InChI is InChI=1S/C66H56N10O4/c1-3-5-7-13-36-73(55-32-28-47(29-33-55)18-16-22-51(39-67)61(53(41-69)42-70)75-63(77)57-24-9-10-25-58(57)64(75)78)45-49-20-15-21-50(38-49)46-74(37-14-8-6-4-2)56-34-30-48(31-35-56)19-17-23-52(40-68)62(54(43-71)44-72)76-65(79)59-26-11-12-27-60(59)66(76)80/h9-12,15-35,38H,3-8,13-14,36-37,45-46H2,1-2H3/b18-16+,19-17+,51-22+,52-23+. The number of fused-ring (bicyclic) bond motifs is 2. The van der Waals surface area contributed by atoms with Crippen molar-refractivity contribution in [1.82, 2.24) is 9.80 Å². The van der Waals surface area contributed by atoms with Gasteiger partial charge in [0, 0.05) is 37.6 Å². The largest absolute Gasteiger partial charge is 0.367 e. The Morgan fingerprint density at radius 3 is 1.10 bits per heavy atom. The number of carbonyl (C=O) groups excluding carboxylic acids is 4. The summed E-state index contributed by atoms with van der Waals surface area (Å²) in [6.45, 7) is 7.39. The molecule has 0 aliphatic carbocycles. The molecule has 0 unspecified atom stereocenters. The first-order chi connectivity index (χ1) is 39.0. The second kappa shape index (κ2) is 27.9. The summed E-state index contributed by atoms with van der Waals surface area (Å²) in [5.41, 5.74) is 4.28. The zero-order chi connectivity index (χ0) is 57.0. The zero-order valence-corrected chi connectivity index (χ0v) is 44.6. The maximum Gasteiger partial charge on any atom is 0.266 e. The van der Waals surface area contributed by atoms with E-state index in [0.29, 0.717) is 13.1 Å². The van der Waals surface area contributed by atoms with Gasteiger partial charge in [-0.2, -0.15) is 31.6 Å². The number of unbranched alkanes of at least 4 members (excludes halogenated alkanes) is 6. The SMILES string of the molecule is CCCCCCN(Cc1cccc(CN(CCCCCC)c2ccc(/C=C/C=C(\C#N)C(=C(C#N)C#N)N3C(=O)c4ccccc4C3=O)cc2)c1)c1ccc(/C=C/C=C(\C#N)C(=C(C#N)C#N)N2C(=O)c3ccccc3C2=O)cc1. The number of benzene rings is 5. The van der Waals surface area contributed by atoms with Crippen LogP contribution >= 0.6 is 0 Å². The summed E-state index contributed by atoms with van der Waals surface area (Å²) in [5.74, 6) is -2.88. The van der Waals surface area contributed by atoms with E-state index >= 15 is 0 Å². The Bertz CT molecular complexity index is 3310. The smallest absolute Gasteiger partial charge is 0.266 e. The molecule has 2 aliphatic heterocycles. The molecule has 80 heavy (non-hydrogen) atoms. The van der Waals surface area contributed by atoms with Crippen molar-refractivity contribution in [2.75, 3.05) is 22.9 Å². The number of anilines is 2. The van der Waals surface area contributed by atoms with Crippen LogP contribution in [0.3, 0.4) is 0 Å². The predicted octanol–water partition coefficient (Wildman–Crippen LogP) is 13.0. The van der Waals surface area contributed by atoms with Crippen LogP contribution in [-0.4, -0.2) is 46.5 Å². The minimum absolute atomic E-state index is 0.120. The monoisotopic (exact) mass is 1050 g/mol. The van der Waals surface area contributed by atoms with Crippen LogP contribution in [0.15, 0.2) is 179 Å². The average Bonchev–Trinajstić information content (AvgIpc) is 3.92. The highest BCUT2D eigenvalue weighted by Gasteiger charge is 2.41. The maximum absolute atomic E-state index is 13.4. The van der Waals surface area contributed by atoms with Crippen molar-refractivity contribution in [3.05, 3.63) is 224 Å². The van der Waals surface area contributed by atoms with Crippen molar-refractivity contribution in [2.24, 2.45) is 0 Å². The Balaban J connectivity index is 1.07. The molecule has 0 bridgehead atoms. The Hall–Kier alpha value is -10.6. The topological polar surface area (TPSA) is 224 Å². The average molecular weight is 1050 g/mol. The van der Waals surface area contributed by atoms with E-state index in [4.69, 9.17) is 0 Å². The van der Waals surface area contributed by atoms with Gasteiger partial charge in [0.15, 0.2) is 11.1 Å². The Labute approximate surface area is 467 Å². The Kier molecular flexibility index (Phi) is 19.9. The molecule has 0 fully saturated rings. The quantitative estimate of drug-likeness (QED) is 0.0243. The van der Waals surface area contributed by atoms with Crippen LogP contribution in [0.4, 0.5) is 11.4 Å². The molecule has 2 aliphatic rings. The highest BCUT2D eigenvalue weighted by molar-refractivity contribution is 6.24. The molecule has 14 heteroatoms. The fourth-order valence-electron chi connectivity index (χ4n) is 9.55. The molecule has 4 amide bonds. The molecule has 0 N–H and O–H groups in total. The minimum atomic E-state index is -0.721. The second-order valence-corrected chi connectivity index (χ2v) is 18.9. The summed E-state index contributed by atoms with van der Waals surface area (Å²) in [7, 11) is 0. The van der Waals surface area contributed by atoms with E-state index in [9.17, 15) is 50.7 Å². The molecule has 14 nitrogen and oxygen atoms in total. The fraction of sp³-hybridized carbons (Fsp3) is 0.212. The van der Waals surface area contributed by atoms with Crippen molar-refractivity contribution in [2.45, 2.75) is 78.3 Å². The first kappa shape index (κ1) is 57.1. The van der Waals surface area contributed by atoms with Gasteiger partial charge in [-0.3, -0.25) is 19.2 Å². The van der Waals surface area contributed by atoms with Gasteiger partial charge in [0.25, 0.3) is 23.6 Å². The van der Waals surface area contributed by atoms with E-state index in [1.54, 1.807) is 72.8 Å². The molecule has 0 saturated carbocycles. The van der Waals surface area contributed by atoms with Crippen LogP contribution in [0.2, 0.25) is 0 Å². The summed E-state index contributed by atoms with van der Waals surface area (Å²) in [5, 5.41) is 59.7. The van der Waals surface area contributed by atoms with Gasteiger partial charge in [-0.1, -0.05) is 149 Å². The molecular weight excluding hydrogens is 997 g/mol. The van der Waals surface area contributed by atoms with E-state index in [0.717, 1.165) is 108 Å². The Morgan fingerprint density at radius 1 is 0.438 bits per heavy atom. The molecule has 0 saturated heterocycles. The van der Waals surface area contributed by atoms with Gasteiger partial charge in [-0.05, 0) is 95.8 Å². The van der Waals surface area contributed by atoms with Crippen molar-refractivity contribution >= 4 is 47.2 Å². The maximum atomic E-state index is 13.4. The summed E-state index contributed by atoms with van der Waals surface area (Å²) in [6, 6.07) is 48.0. The van der Waals surface area contributed by atoms with Crippen LogP contribution in [-0.2, 0) is 13.1 Å². The summed E-state index contributed by atoms with van der Waals surface area (Å²) in [6.07, 6.45) is 18.2. The van der Waals surface area contributed by atoms with Gasteiger partial charge in [-0.25, -0.2) is 9.80 Å². The Morgan fingerprint density at radius 2 is 0.787 bits per heavy atom. The molecule has 0 atom stereocenters. The molecule has 5 aromatic carbocycles. The number of allylic oxidation sites excluding steroid dienone is 8. The second-order valence-electron chi connectivity index (χ2n) is 18.9. The normalized spacial score (nSPS) is 12.8. The summed E-state index contributed by atoms with van der Waals surface area (Å²) < 4.78 is 0. The third-order valence-corrected chi connectivity index (χ3v) is 13.6. The molecule has 7 rings (SSSR count). The third kappa shape index (κ3) is 13.3. The highest BCUT2D eigenvalue weighted by Crippen LogP contribution is 2.33. The fourth-order valence-corrected chi connectivity index (χ4v) is 9.55. The van der Waals surface area contributed by atoms with E-state index in [-0.39, 0.29) is 44.8 Å². The lowest BCUT2D eigenvalue weighted by molar-refractivity contribution is 0.0691. The molecular formula is C66H56N10O4. The van der Waals surface area contributed by atoms with Crippen LogP contribution in [0, 0.1) is 68.0 Å². The van der Waals surface area contributed by atoms with Gasteiger partial charge in [0.1, 0.15) is 36.4 Å². The lowest BCUT2D eigenvalue weighted by atomic mass is 10.1. The van der Waals surface area contributed by atoms with Crippen molar-refractivity contribution in [1.29, 1.82) is 31.6 Å². The van der Waals surface area contributed by atoms with Crippen LogP contribution < -0.4 is 9.80 Å². The number of imide groups is 2. The molecule has 2 heterocycles. The molecule has 0 aromatic heterocycles. The zero-order valence-electron chi connectivity index (χ0n) is 44.6. The summed E-state index contributed by atoms with van der Waals surface area (Å²) in [4.78, 5) is 59.7. The molecule has 0 radical (unpaired) electrons. The van der Waals surface area contributed by atoms with Crippen molar-refractivity contribution in [3.8, 4) is 36.4 Å². The first-order valence-corrected chi connectivity index (χ1v) is 26.4. The third-order valence-electron chi connectivity index (χ3n) is 13.6. The number of rotatable bonds is 24. The van der Waals surface area contributed by atoms with Gasteiger partial charge < -0.3 is 9.80 Å². The first-order valence-electron chi connectivity index (χ1n) is 26.4. The van der Waals surface area contributed by atoms with Gasteiger partial charge in [0.2, 0.25) is 0 Å². The van der Waals surface area contributed by atoms with Crippen LogP contribution in [0.25, 0.3) is 12.2 Å². The molecule has 0 spiro atoms. The summed E-state index contributed by atoms with van der Waals surface area (Å²) >= 11 is 0. The molecule has 394 valence electrons. The van der Waals surface area contributed by atoms with E-state index in [2.05, 4.69) is 47.9 Å². The lowest BCUT2D eigenvalue weighted by Crippen LogP contribution is -2.30. The van der Waals surface area contributed by atoms with E-state index < -0.39 is 34.8 Å². The lowest BCUT2D eigenvalue weighted by Gasteiger charge is -2.27. The number of amides is 4. The van der Waals surface area contributed by atoms with Crippen molar-refractivity contribution in [3.63, 3.8) is 0 Å². The predicted molar refractivity (Wildman–Crippen MR) is 306 cm³/mol. The van der Waals surface area contributed by atoms with Gasteiger partial charge >= 0.3 is 0 Å². The number of nitriles is 6. The van der Waals surface area contributed by atoms with Crippen LogP contribution in [0.1, 0.15) is 129 Å². The molecule has 5 aromatic rings. The number of hydrogen-bond acceptors (Lipinski definition) is 12. The van der Waals surface area contributed by atoms with Gasteiger partial charge in [0.05, 0.1) is 44.8 Å².